The summed E-state index contributed by atoms with van der Waals surface area (Å²) in [5, 5.41) is 21.4. The molecule has 1 aliphatic carbocycles. The second-order valence-corrected chi connectivity index (χ2v) is 6.47. The average Bonchev–Trinajstić information content (AvgIpc) is 2.61. The van der Waals surface area contributed by atoms with Gasteiger partial charge < -0.3 is 10.4 Å². The molecule has 0 unspecified atom stereocenters. The molecule has 1 fully saturated rings. The van der Waals surface area contributed by atoms with Crippen LogP contribution in [-0.4, -0.2) is 27.3 Å². The lowest BCUT2D eigenvalue weighted by atomic mass is 9.84. The maximum absolute atomic E-state index is 11.5. The van der Waals surface area contributed by atoms with Crippen molar-refractivity contribution in [2.24, 2.45) is 5.92 Å². The van der Waals surface area contributed by atoms with Gasteiger partial charge in [0.2, 0.25) is 0 Å². The molecule has 1 aromatic rings. The molecular formula is C18H27N3O3. The molecule has 1 heterocycles. The van der Waals surface area contributed by atoms with E-state index in [1.54, 1.807) is 6.20 Å². The van der Waals surface area contributed by atoms with Crippen molar-refractivity contribution in [3.63, 3.8) is 0 Å². The van der Waals surface area contributed by atoms with Crippen molar-refractivity contribution in [3.05, 3.63) is 41.9 Å². The van der Waals surface area contributed by atoms with Gasteiger partial charge in [-0.1, -0.05) is 31.9 Å². The number of carboxylic acids is 1. The molecule has 6 nitrogen and oxygen atoms in total. The van der Waals surface area contributed by atoms with E-state index in [2.05, 4.69) is 16.9 Å². The lowest BCUT2D eigenvalue weighted by Crippen LogP contribution is -2.43. The molecule has 0 bridgehead atoms. The van der Waals surface area contributed by atoms with Crippen LogP contribution in [0, 0.1) is 5.92 Å². The second kappa shape index (κ2) is 9.39. The largest absolute Gasteiger partial charge is 0.480 e. The highest BCUT2D eigenvalue weighted by Gasteiger charge is 2.28. The number of carbonyl (C=O) groups is 1. The molecule has 4 N–H and O–H groups in total. The summed E-state index contributed by atoms with van der Waals surface area (Å²) < 4.78 is 0. The summed E-state index contributed by atoms with van der Waals surface area (Å²) in [7, 11) is 0. The third kappa shape index (κ3) is 5.62. The maximum atomic E-state index is 11.5. The summed E-state index contributed by atoms with van der Waals surface area (Å²) >= 11 is 0. The van der Waals surface area contributed by atoms with Crippen molar-refractivity contribution in [2.75, 3.05) is 0 Å². The number of aromatic nitrogens is 1. The van der Waals surface area contributed by atoms with Gasteiger partial charge in [0.05, 0.1) is 0 Å². The third-order valence-electron chi connectivity index (χ3n) is 4.64. The highest BCUT2D eigenvalue weighted by Crippen LogP contribution is 2.26. The topological polar surface area (TPSA) is 94.5 Å². The minimum Gasteiger partial charge on any atom is -0.480 e. The van der Waals surface area contributed by atoms with Crippen molar-refractivity contribution in [1.82, 2.24) is 15.8 Å². The number of hydrogen-bond donors (Lipinski definition) is 4. The van der Waals surface area contributed by atoms with Crippen LogP contribution in [0.2, 0.25) is 0 Å². The molecule has 0 aliphatic heterocycles. The Hall–Kier alpha value is -1.92. The van der Waals surface area contributed by atoms with E-state index in [4.69, 9.17) is 5.21 Å². The van der Waals surface area contributed by atoms with Gasteiger partial charge in [-0.3, -0.25) is 20.5 Å². The van der Waals surface area contributed by atoms with Gasteiger partial charge in [-0.2, -0.15) is 0 Å². The lowest BCUT2D eigenvalue weighted by molar-refractivity contribution is -0.141. The number of nitrogens with zero attached hydrogens (tertiary/aromatic N) is 1. The summed E-state index contributed by atoms with van der Waals surface area (Å²) in [4.78, 5) is 15.9. The first kappa shape index (κ1) is 18.4. The Morgan fingerprint density at radius 2 is 2.08 bits per heavy atom. The number of allylic oxidation sites excluding steroid dienone is 1. The van der Waals surface area contributed by atoms with Crippen molar-refractivity contribution in [1.29, 1.82) is 0 Å². The van der Waals surface area contributed by atoms with Crippen molar-refractivity contribution < 1.29 is 15.1 Å². The Bertz CT molecular complexity index is 539. The van der Waals surface area contributed by atoms with E-state index >= 15 is 0 Å². The van der Waals surface area contributed by atoms with Crippen LogP contribution in [-0.2, 0) is 17.8 Å². The number of hydroxylamine groups is 1. The molecule has 0 spiro atoms. The van der Waals surface area contributed by atoms with Gasteiger partial charge in [0.1, 0.15) is 6.04 Å². The van der Waals surface area contributed by atoms with Crippen molar-refractivity contribution in [2.45, 2.75) is 57.5 Å². The fraction of sp³-hybridized carbons (Fsp3) is 0.556. The summed E-state index contributed by atoms with van der Waals surface area (Å²) in [6.45, 7) is 4.17. The van der Waals surface area contributed by atoms with E-state index < -0.39 is 12.0 Å². The van der Waals surface area contributed by atoms with Crippen LogP contribution in [0.25, 0.3) is 0 Å². The van der Waals surface area contributed by atoms with Crippen molar-refractivity contribution in [3.8, 4) is 0 Å². The molecule has 0 saturated heterocycles. The first-order chi connectivity index (χ1) is 11.6. The van der Waals surface area contributed by atoms with Crippen LogP contribution in [0.3, 0.4) is 0 Å². The zero-order valence-electron chi connectivity index (χ0n) is 14.0. The minimum atomic E-state index is -0.763. The molecule has 1 aromatic heterocycles. The molecule has 24 heavy (non-hydrogen) atoms. The Kier molecular flexibility index (Phi) is 7.21. The molecule has 6 heteroatoms. The molecule has 0 aromatic carbocycles. The number of carboxylic acid groups (broad SMARTS) is 1. The van der Waals surface area contributed by atoms with E-state index in [0.29, 0.717) is 25.1 Å². The Labute approximate surface area is 143 Å². The highest BCUT2D eigenvalue weighted by atomic mass is 16.5. The number of aryl methyl sites for hydroxylation is 1. The van der Waals surface area contributed by atoms with Gasteiger partial charge in [0.15, 0.2) is 0 Å². The van der Waals surface area contributed by atoms with Crippen LogP contribution < -0.4 is 10.8 Å². The normalized spacial score (nSPS) is 16.5. The molecule has 1 atom stereocenters. The molecule has 0 radical (unpaired) electrons. The number of nitrogens with one attached hydrogen (secondary N) is 2. The monoisotopic (exact) mass is 333 g/mol. The van der Waals surface area contributed by atoms with Gasteiger partial charge in [-0.05, 0) is 43.2 Å². The van der Waals surface area contributed by atoms with Gasteiger partial charge in [-0.15, -0.1) is 0 Å². The molecule has 132 valence electrons. The Morgan fingerprint density at radius 3 is 2.67 bits per heavy atom. The highest BCUT2D eigenvalue weighted by molar-refractivity contribution is 5.73. The van der Waals surface area contributed by atoms with E-state index in [-0.39, 0.29) is 5.92 Å². The second-order valence-electron chi connectivity index (χ2n) is 6.47. The lowest BCUT2D eigenvalue weighted by Gasteiger charge is -2.28. The van der Waals surface area contributed by atoms with Crippen LogP contribution in [0.5, 0.6) is 0 Å². The first-order valence-corrected chi connectivity index (χ1v) is 8.58. The summed E-state index contributed by atoms with van der Waals surface area (Å²) in [6.07, 6.45) is 8.53. The third-order valence-corrected chi connectivity index (χ3v) is 4.64. The predicted octanol–water partition coefficient (Wildman–Crippen LogP) is 2.63. The first-order valence-electron chi connectivity index (χ1n) is 8.58. The van der Waals surface area contributed by atoms with Crippen LogP contribution in [0.1, 0.15) is 49.8 Å². The zero-order chi connectivity index (χ0) is 17.4. The number of rotatable bonds is 9. The smallest absolute Gasteiger partial charge is 0.320 e. The summed E-state index contributed by atoms with van der Waals surface area (Å²) in [6, 6.07) is 3.41. The summed E-state index contributed by atoms with van der Waals surface area (Å²) in [5.41, 5.74) is 4.47. The zero-order valence-corrected chi connectivity index (χ0v) is 14.0. The molecule has 1 saturated carbocycles. The van der Waals surface area contributed by atoms with E-state index in [1.165, 1.54) is 6.42 Å². The SMILES string of the molecule is C=C(CCc1ccc(CN[C@H](C(=O)O)C2CCCCC2)cn1)NO. The fourth-order valence-corrected chi connectivity index (χ4v) is 3.19. The van der Waals surface area contributed by atoms with E-state index in [1.807, 2.05) is 17.6 Å². The maximum Gasteiger partial charge on any atom is 0.320 e. The van der Waals surface area contributed by atoms with Gasteiger partial charge in [0.25, 0.3) is 0 Å². The molecular weight excluding hydrogens is 306 g/mol. The van der Waals surface area contributed by atoms with Crippen LogP contribution >= 0.6 is 0 Å². The Balaban J connectivity index is 1.85. The minimum absolute atomic E-state index is 0.223. The van der Waals surface area contributed by atoms with Crippen LogP contribution in [0.15, 0.2) is 30.6 Å². The Morgan fingerprint density at radius 1 is 1.33 bits per heavy atom. The van der Waals surface area contributed by atoms with Gasteiger partial charge in [0, 0.05) is 24.1 Å². The fourth-order valence-electron chi connectivity index (χ4n) is 3.19. The quantitative estimate of drug-likeness (QED) is 0.519. The van der Waals surface area contributed by atoms with Crippen LogP contribution in [0.4, 0.5) is 0 Å². The number of hydrogen-bond acceptors (Lipinski definition) is 5. The summed E-state index contributed by atoms with van der Waals surface area (Å²) in [5.74, 6) is -0.540. The average molecular weight is 333 g/mol. The van der Waals surface area contributed by atoms with Gasteiger partial charge >= 0.3 is 5.97 Å². The molecule has 0 amide bonds. The molecule has 2 rings (SSSR count). The van der Waals surface area contributed by atoms with Crippen molar-refractivity contribution >= 4 is 5.97 Å². The van der Waals surface area contributed by atoms with E-state index in [9.17, 15) is 9.90 Å². The molecule has 1 aliphatic rings. The predicted molar refractivity (Wildman–Crippen MR) is 91.5 cm³/mol. The standard InChI is InChI=1S/C18H27N3O3/c1-13(21-24)7-9-16-10-8-14(11-19-16)12-20-17(18(22)23)15-5-3-2-4-6-15/h8,10-11,15,17,20-21,24H,1-7,9,12H2,(H,22,23)/t17-/m0/s1. The number of aliphatic carboxylic acids is 1. The number of pyridine rings is 1. The van der Waals surface area contributed by atoms with Gasteiger partial charge in [-0.25, -0.2) is 0 Å². The van der Waals surface area contributed by atoms with E-state index in [0.717, 1.165) is 36.9 Å².